The molecular weight excluding hydrogens is 671 g/mol. The number of hydrogen-bond acceptors (Lipinski definition) is 2. The van der Waals surface area contributed by atoms with Crippen molar-refractivity contribution in [1.29, 1.82) is 0 Å². The fraction of sp³-hybridized carbons (Fsp3) is 0. The van der Waals surface area contributed by atoms with E-state index in [1.807, 2.05) is 6.07 Å². The van der Waals surface area contributed by atoms with Crippen LogP contribution in [0.25, 0.3) is 105 Å². The SMILES string of the molecule is c1ccc(-c2nc(-n3c4ccccc4c4c3ccc3c5ccccc5n(-c5ccccc5)c34)c3c(n2)c2cc4ccccc4cc2n3-c2ccccc2)cc1. The van der Waals surface area contributed by atoms with Crippen molar-refractivity contribution >= 4 is 76.3 Å². The van der Waals surface area contributed by atoms with Crippen LogP contribution in [-0.2, 0) is 0 Å². The molecule has 0 spiro atoms. The van der Waals surface area contributed by atoms with Crippen LogP contribution < -0.4 is 0 Å². The minimum atomic E-state index is 0.689. The molecule has 0 radical (unpaired) electrons. The predicted molar refractivity (Wildman–Crippen MR) is 228 cm³/mol. The van der Waals surface area contributed by atoms with Crippen molar-refractivity contribution in [1.82, 2.24) is 23.7 Å². The highest BCUT2D eigenvalue weighted by molar-refractivity contribution is 6.26. The van der Waals surface area contributed by atoms with Gasteiger partial charge in [-0.1, -0.05) is 133 Å². The van der Waals surface area contributed by atoms with Crippen molar-refractivity contribution in [2.75, 3.05) is 0 Å². The molecule has 12 aromatic rings. The van der Waals surface area contributed by atoms with E-state index >= 15 is 0 Å². The molecule has 0 aliphatic heterocycles. The van der Waals surface area contributed by atoms with Gasteiger partial charge in [-0.2, -0.15) is 0 Å². The van der Waals surface area contributed by atoms with Crippen LogP contribution in [0.4, 0.5) is 0 Å². The molecule has 8 aromatic carbocycles. The molecule has 0 saturated heterocycles. The van der Waals surface area contributed by atoms with Gasteiger partial charge in [0.25, 0.3) is 0 Å². The standard InChI is InChI=1S/C50H31N5/c1-4-16-32(17-5-1)49-51-46-40-30-33-18-10-11-19-34(33)31-44(40)54(36-22-8-3-9-23-36)48(46)50(52-49)55-42-27-15-13-25-39(42)45-43(55)29-28-38-37-24-12-14-26-41(37)53(47(38)45)35-20-6-2-7-21-35/h1-31H. The summed E-state index contributed by atoms with van der Waals surface area (Å²) >= 11 is 0. The highest BCUT2D eigenvalue weighted by Crippen LogP contribution is 2.44. The molecule has 5 heteroatoms. The number of benzene rings is 8. The van der Waals surface area contributed by atoms with Gasteiger partial charge in [0.2, 0.25) is 0 Å². The van der Waals surface area contributed by atoms with Gasteiger partial charge in [-0.25, -0.2) is 9.97 Å². The second-order valence-corrected chi connectivity index (χ2v) is 14.2. The summed E-state index contributed by atoms with van der Waals surface area (Å²) in [6.45, 7) is 0. The van der Waals surface area contributed by atoms with Gasteiger partial charge in [0.05, 0.1) is 27.6 Å². The first-order valence-corrected chi connectivity index (χ1v) is 18.7. The van der Waals surface area contributed by atoms with Gasteiger partial charge in [0.1, 0.15) is 11.0 Å². The van der Waals surface area contributed by atoms with Crippen LogP contribution in [0.2, 0.25) is 0 Å². The Morgan fingerprint density at radius 2 is 0.909 bits per heavy atom. The summed E-state index contributed by atoms with van der Waals surface area (Å²) in [5, 5.41) is 8.26. The maximum Gasteiger partial charge on any atom is 0.166 e. The minimum absolute atomic E-state index is 0.689. The van der Waals surface area contributed by atoms with E-state index in [1.165, 1.54) is 43.4 Å². The molecule has 55 heavy (non-hydrogen) atoms. The third kappa shape index (κ3) is 4.29. The lowest BCUT2D eigenvalue weighted by Crippen LogP contribution is -2.05. The monoisotopic (exact) mass is 701 g/mol. The van der Waals surface area contributed by atoms with E-state index in [1.54, 1.807) is 0 Å². The van der Waals surface area contributed by atoms with Gasteiger partial charge < -0.3 is 9.13 Å². The van der Waals surface area contributed by atoms with Crippen LogP contribution in [-0.4, -0.2) is 23.7 Å². The molecule has 0 unspecified atom stereocenters. The second-order valence-electron chi connectivity index (χ2n) is 14.2. The summed E-state index contributed by atoms with van der Waals surface area (Å²) in [5.41, 5.74) is 10.7. The van der Waals surface area contributed by atoms with E-state index in [-0.39, 0.29) is 0 Å². The highest BCUT2D eigenvalue weighted by Gasteiger charge is 2.26. The number of aromatic nitrogens is 5. The first-order chi connectivity index (χ1) is 27.3. The maximum absolute atomic E-state index is 5.59. The lowest BCUT2D eigenvalue weighted by atomic mass is 10.1. The van der Waals surface area contributed by atoms with Crippen LogP contribution in [0.1, 0.15) is 0 Å². The Bertz CT molecular complexity index is 3470. The number of nitrogens with zero attached hydrogens (tertiary/aromatic N) is 5. The molecule has 0 N–H and O–H groups in total. The van der Waals surface area contributed by atoms with E-state index in [2.05, 4.69) is 196 Å². The third-order valence-electron chi connectivity index (χ3n) is 11.2. The summed E-state index contributed by atoms with van der Waals surface area (Å²) in [6, 6.07) is 67.0. The molecule has 0 bridgehead atoms. The first kappa shape index (κ1) is 30.0. The molecule has 0 atom stereocenters. The molecule has 12 rings (SSSR count). The molecule has 4 heterocycles. The fourth-order valence-corrected chi connectivity index (χ4v) is 8.86. The molecule has 0 saturated carbocycles. The summed E-state index contributed by atoms with van der Waals surface area (Å²) < 4.78 is 7.17. The normalized spacial score (nSPS) is 12.0. The van der Waals surface area contributed by atoms with Crippen molar-refractivity contribution in [3.63, 3.8) is 0 Å². The molecule has 0 amide bonds. The zero-order chi connectivity index (χ0) is 36.0. The maximum atomic E-state index is 5.59. The van der Waals surface area contributed by atoms with Crippen LogP contribution in [0.5, 0.6) is 0 Å². The third-order valence-corrected chi connectivity index (χ3v) is 11.2. The molecule has 0 aliphatic carbocycles. The Labute approximate surface area is 315 Å². The largest absolute Gasteiger partial charge is 0.309 e. The summed E-state index contributed by atoms with van der Waals surface area (Å²) in [4.78, 5) is 11.0. The zero-order valence-electron chi connectivity index (χ0n) is 29.6. The smallest absolute Gasteiger partial charge is 0.166 e. The van der Waals surface area contributed by atoms with E-state index < -0.39 is 0 Å². The van der Waals surface area contributed by atoms with Gasteiger partial charge in [-0.05, 0) is 65.4 Å². The minimum Gasteiger partial charge on any atom is -0.309 e. The molecule has 0 aliphatic rings. The topological polar surface area (TPSA) is 40.6 Å². The van der Waals surface area contributed by atoms with Gasteiger partial charge in [0.15, 0.2) is 11.6 Å². The molecule has 4 aromatic heterocycles. The average Bonchev–Trinajstić information content (AvgIpc) is 3.89. The second kappa shape index (κ2) is 11.5. The number of rotatable bonds is 4. The molecular formula is C50H31N5. The van der Waals surface area contributed by atoms with Crippen molar-refractivity contribution in [3.8, 4) is 28.6 Å². The van der Waals surface area contributed by atoms with Crippen LogP contribution in [0, 0.1) is 0 Å². The van der Waals surface area contributed by atoms with Crippen molar-refractivity contribution in [2.45, 2.75) is 0 Å². The quantitative estimate of drug-likeness (QED) is 0.183. The lowest BCUT2D eigenvalue weighted by Gasteiger charge is -2.14. The van der Waals surface area contributed by atoms with E-state index in [4.69, 9.17) is 9.97 Å². The Kier molecular flexibility index (Phi) is 6.27. The van der Waals surface area contributed by atoms with E-state index in [9.17, 15) is 0 Å². The first-order valence-electron chi connectivity index (χ1n) is 18.7. The summed E-state index contributed by atoms with van der Waals surface area (Å²) in [5.74, 6) is 1.52. The van der Waals surface area contributed by atoms with Gasteiger partial charge in [-0.3, -0.25) is 4.57 Å². The molecule has 0 fully saturated rings. The lowest BCUT2D eigenvalue weighted by molar-refractivity contribution is 1.05. The average molecular weight is 702 g/mol. The molecule has 5 nitrogen and oxygen atoms in total. The van der Waals surface area contributed by atoms with Crippen molar-refractivity contribution in [2.24, 2.45) is 0 Å². The van der Waals surface area contributed by atoms with Crippen LogP contribution in [0.15, 0.2) is 188 Å². The van der Waals surface area contributed by atoms with E-state index in [0.717, 1.165) is 55.7 Å². The van der Waals surface area contributed by atoms with E-state index in [0.29, 0.717) is 5.82 Å². The fourth-order valence-electron chi connectivity index (χ4n) is 8.86. The number of para-hydroxylation sites is 4. The Balaban J connectivity index is 1.32. The zero-order valence-corrected chi connectivity index (χ0v) is 29.6. The van der Waals surface area contributed by atoms with Crippen molar-refractivity contribution < 1.29 is 0 Å². The Morgan fingerprint density at radius 3 is 1.62 bits per heavy atom. The Morgan fingerprint density at radius 1 is 0.345 bits per heavy atom. The Hall–Kier alpha value is -7.50. The predicted octanol–water partition coefficient (Wildman–Crippen LogP) is 12.6. The number of fused-ring (bicyclic) bond motifs is 11. The summed E-state index contributed by atoms with van der Waals surface area (Å²) in [6.07, 6.45) is 0. The van der Waals surface area contributed by atoms with Crippen LogP contribution >= 0.6 is 0 Å². The number of hydrogen-bond donors (Lipinski definition) is 0. The van der Waals surface area contributed by atoms with Gasteiger partial charge in [0, 0.05) is 43.9 Å². The van der Waals surface area contributed by atoms with Gasteiger partial charge >= 0.3 is 0 Å². The van der Waals surface area contributed by atoms with Crippen molar-refractivity contribution in [3.05, 3.63) is 188 Å². The summed E-state index contributed by atoms with van der Waals surface area (Å²) in [7, 11) is 0. The highest BCUT2D eigenvalue weighted by atomic mass is 15.1. The molecule has 256 valence electrons. The van der Waals surface area contributed by atoms with Gasteiger partial charge in [-0.15, -0.1) is 0 Å². The van der Waals surface area contributed by atoms with Crippen LogP contribution in [0.3, 0.4) is 0 Å².